The van der Waals surface area contributed by atoms with Crippen LogP contribution in [0.3, 0.4) is 0 Å². The number of anilines is 1. The maximum Gasteiger partial charge on any atom is 0.0793 e. The predicted octanol–water partition coefficient (Wildman–Crippen LogP) is 0.488. The molecule has 1 aromatic rings. The molecule has 0 aliphatic carbocycles. The van der Waals surface area contributed by atoms with Gasteiger partial charge in [-0.05, 0) is 24.1 Å². The van der Waals surface area contributed by atoms with Crippen molar-refractivity contribution in [3.63, 3.8) is 0 Å². The van der Waals surface area contributed by atoms with E-state index in [0.717, 1.165) is 31.7 Å². The molecule has 0 saturated carbocycles. The predicted molar refractivity (Wildman–Crippen MR) is 57.0 cm³/mol. The number of benzene rings is 1. The van der Waals surface area contributed by atoms with Crippen molar-refractivity contribution in [3.05, 3.63) is 29.8 Å². The third-order valence-corrected chi connectivity index (χ3v) is 2.63. The van der Waals surface area contributed by atoms with E-state index in [1.165, 1.54) is 5.56 Å². The van der Waals surface area contributed by atoms with Gasteiger partial charge in [0, 0.05) is 25.3 Å². The van der Waals surface area contributed by atoms with Gasteiger partial charge < -0.3 is 10.8 Å². The standard InChI is InChI=1S/C11H16N2O/c12-10-3-1-9(2-4-10)5-6-13-7-11(14)8-13/h1-4,11,14H,5-8,12H2. The van der Waals surface area contributed by atoms with Gasteiger partial charge in [0.05, 0.1) is 6.10 Å². The fourth-order valence-electron chi connectivity index (χ4n) is 1.70. The van der Waals surface area contributed by atoms with Crippen LogP contribution in [-0.4, -0.2) is 35.7 Å². The normalized spacial score (nSPS) is 18.1. The molecule has 0 spiro atoms. The summed E-state index contributed by atoms with van der Waals surface area (Å²) in [6, 6.07) is 7.98. The summed E-state index contributed by atoms with van der Waals surface area (Å²) < 4.78 is 0. The van der Waals surface area contributed by atoms with Gasteiger partial charge in [-0.3, -0.25) is 4.90 Å². The number of hydrogen-bond donors (Lipinski definition) is 2. The van der Waals surface area contributed by atoms with Gasteiger partial charge in [-0.1, -0.05) is 12.1 Å². The smallest absolute Gasteiger partial charge is 0.0793 e. The maximum absolute atomic E-state index is 9.09. The number of hydrogen-bond acceptors (Lipinski definition) is 3. The van der Waals surface area contributed by atoms with Crippen molar-refractivity contribution in [1.82, 2.24) is 4.90 Å². The fraction of sp³-hybridized carbons (Fsp3) is 0.455. The Labute approximate surface area is 84.1 Å². The molecule has 3 N–H and O–H groups in total. The van der Waals surface area contributed by atoms with Crippen LogP contribution in [-0.2, 0) is 6.42 Å². The first-order valence-corrected chi connectivity index (χ1v) is 4.99. The minimum Gasteiger partial charge on any atom is -0.399 e. The number of β-amino-alcohol motifs (C(OH)–C–C–N with tert-alkyl or cyclic N) is 1. The lowest BCUT2D eigenvalue weighted by Crippen LogP contribution is -2.51. The molecule has 1 aliphatic heterocycles. The van der Waals surface area contributed by atoms with Crippen LogP contribution in [0.4, 0.5) is 5.69 Å². The van der Waals surface area contributed by atoms with E-state index >= 15 is 0 Å². The minimum atomic E-state index is -0.0959. The number of likely N-dealkylation sites (tertiary alicyclic amines) is 1. The first-order chi connectivity index (χ1) is 6.74. The molecule has 0 bridgehead atoms. The summed E-state index contributed by atoms with van der Waals surface area (Å²) in [5.74, 6) is 0. The third kappa shape index (κ3) is 2.25. The van der Waals surface area contributed by atoms with E-state index in [4.69, 9.17) is 10.8 Å². The zero-order valence-electron chi connectivity index (χ0n) is 8.19. The van der Waals surface area contributed by atoms with Crippen molar-refractivity contribution in [2.75, 3.05) is 25.4 Å². The second-order valence-electron chi connectivity index (χ2n) is 3.90. The summed E-state index contributed by atoms with van der Waals surface area (Å²) in [7, 11) is 0. The van der Waals surface area contributed by atoms with Gasteiger partial charge in [0.25, 0.3) is 0 Å². The van der Waals surface area contributed by atoms with Crippen LogP contribution >= 0.6 is 0 Å². The van der Waals surface area contributed by atoms with E-state index in [0.29, 0.717) is 0 Å². The Hall–Kier alpha value is -1.06. The summed E-state index contributed by atoms with van der Waals surface area (Å²) in [4.78, 5) is 2.25. The van der Waals surface area contributed by atoms with Crippen molar-refractivity contribution < 1.29 is 5.11 Å². The van der Waals surface area contributed by atoms with Gasteiger partial charge in [0.15, 0.2) is 0 Å². The zero-order valence-corrected chi connectivity index (χ0v) is 8.19. The average molecular weight is 192 g/mol. The summed E-state index contributed by atoms with van der Waals surface area (Å²) in [6.45, 7) is 2.69. The second-order valence-corrected chi connectivity index (χ2v) is 3.90. The molecular weight excluding hydrogens is 176 g/mol. The average Bonchev–Trinajstić information content (AvgIpc) is 2.13. The van der Waals surface area contributed by atoms with Gasteiger partial charge in [-0.25, -0.2) is 0 Å². The van der Waals surface area contributed by atoms with E-state index < -0.39 is 0 Å². The highest BCUT2D eigenvalue weighted by molar-refractivity contribution is 5.39. The number of nitrogens with zero attached hydrogens (tertiary/aromatic N) is 1. The number of nitrogen functional groups attached to an aromatic ring is 1. The molecule has 14 heavy (non-hydrogen) atoms. The van der Waals surface area contributed by atoms with Gasteiger partial charge in [-0.2, -0.15) is 0 Å². The molecule has 0 amide bonds. The highest BCUT2D eigenvalue weighted by Crippen LogP contribution is 2.10. The number of nitrogens with two attached hydrogens (primary N) is 1. The molecule has 1 aromatic carbocycles. The Balaban J connectivity index is 1.78. The SMILES string of the molecule is Nc1ccc(CCN2CC(O)C2)cc1. The van der Waals surface area contributed by atoms with Gasteiger partial charge in [0.2, 0.25) is 0 Å². The van der Waals surface area contributed by atoms with E-state index in [2.05, 4.69) is 17.0 Å². The van der Waals surface area contributed by atoms with Crippen molar-refractivity contribution in [2.24, 2.45) is 0 Å². The molecule has 76 valence electrons. The molecule has 3 heteroatoms. The van der Waals surface area contributed by atoms with Gasteiger partial charge in [-0.15, -0.1) is 0 Å². The molecule has 3 nitrogen and oxygen atoms in total. The van der Waals surface area contributed by atoms with E-state index in [1.54, 1.807) is 0 Å². The maximum atomic E-state index is 9.09. The molecule has 0 radical (unpaired) electrons. The highest BCUT2D eigenvalue weighted by atomic mass is 16.3. The molecule has 1 fully saturated rings. The lowest BCUT2D eigenvalue weighted by molar-refractivity contribution is 0.00311. The Kier molecular flexibility index (Phi) is 2.70. The zero-order chi connectivity index (χ0) is 9.97. The summed E-state index contributed by atoms with van der Waals surface area (Å²) in [6.07, 6.45) is 0.939. The first-order valence-electron chi connectivity index (χ1n) is 4.99. The number of aliphatic hydroxyl groups excluding tert-OH is 1. The summed E-state index contributed by atoms with van der Waals surface area (Å²) in [5.41, 5.74) is 7.71. The summed E-state index contributed by atoms with van der Waals surface area (Å²) >= 11 is 0. The van der Waals surface area contributed by atoms with E-state index in [1.807, 2.05) is 12.1 Å². The second kappa shape index (κ2) is 3.98. The van der Waals surface area contributed by atoms with Crippen molar-refractivity contribution in [1.29, 1.82) is 0 Å². The fourth-order valence-corrected chi connectivity index (χ4v) is 1.70. The molecule has 0 unspecified atom stereocenters. The van der Waals surface area contributed by atoms with Crippen LogP contribution in [0.2, 0.25) is 0 Å². The van der Waals surface area contributed by atoms with Crippen LogP contribution < -0.4 is 5.73 Å². The van der Waals surface area contributed by atoms with E-state index in [-0.39, 0.29) is 6.10 Å². The number of rotatable bonds is 3. The van der Waals surface area contributed by atoms with Crippen LogP contribution in [0.5, 0.6) is 0 Å². The third-order valence-electron chi connectivity index (χ3n) is 2.63. The summed E-state index contributed by atoms with van der Waals surface area (Å²) in [5, 5.41) is 9.09. The lowest BCUT2D eigenvalue weighted by Gasteiger charge is -2.35. The molecule has 0 atom stereocenters. The van der Waals surface area contributed by atoms with Gasteiger partial charge >= 0.3 is 0 Å². The van der Waals surface area contributed by atoms with Crippen LogP contribution in [0.1, 0.15) is 5.56 Å². The Morgan fingerprint density at radius 2 is 1.93 bits per heavy atom. The topological polar surface area (TPSA) is 49.5 Å². The molecular formula is C11H16N2O. The largest absolute Gasteiger partial charge is 0.399 e. The van der Waals surface area contributed by atoms with Crippen molar-refractivity contribution >= 4 is 5.69 Å². The van der Waals surface area contributed by atoms with E-state index in [9.17, 15) is 0 Å². The Morgan fingerprint density at radius 1 is 1.29 bits per heavy atom. The Bertz CT molecular complexity index is 291. The highest BCUT2D eigenvalue weighted by Gasteiger charge is 2.23. The monoisotopic (exact) mass is 192 g/mol. The molecule has 2 rings (SSSR count). The Morgan fingerprint density at radius 3 is 2.50 bits per heavy atom. The minimum absolute atomic E-state index is 0.0959. The molecule has 1 saturated heterocycles. The first kappa shape index (κ1) is 9.49. The lowest BCUT2D eigenvalue weighted by atomic mass is 10.1. The molecule has 1 aliphatic rings. The van der Waals surface area contributed by atoms with Crippen molar-refractivity contribution in [3.8, 4) is 0 Å². The van der Waals surface area contributed by atoms with Crippen LogP contribution in [0, 0.1) is 0 Å². The van der Waals surface area contributed by atoms with Crippen LogP contribution in [0.15, 0.2) is 24.3 Å². The molecule has 0 aromatic heterocycles. The van der Waals surface area contributed by atoms with Crippen molar-refractivity contribution in [2.45, 2.75) is 12.5 Å². The quantitative estimate of drug-likeness (QED) is 0.685. The molecule has 1 heterocycles. The van der Waals surface area contributed by atoms with Crippen LogP contribution in [0.25, 0.3) is 0 Å². The number of aliphatic hydroxyl groups is 1. The van der Waals surface area contributed by atoms with Gasteiger partial charge in [0.1, 0.15) is 0 Å².